The van der Waals surface area contributed by atoms with Gasteiger partial charge in [0.25, 0.3) is 0 Å². The highest BCUT2D eigenvalue weighted by atomic mass is 16.6. The maximum Gasteiger partial charge on any atom is 0.310 e. The van der Waals surface area contributed by atoms with E-state index >= 15 is 0 Å². The number of esters is 1. The number of hydrogen-bond acceptors (Lipinski definition) is 10. The highest BCUT2D eigenvalue weighted by Crippen LogP contribution is 2.47. The maximum atomic E-state index is 14.6. The molecular formula is C55H75N4O9+. The van der Waals surface area contributed by atoms with E-state index in [1.807, 2.05) is 107 Å². The van der Waals surface area contributed by atoms with Crippen LogP contribution in [0.5, 0.6) is 5.75 Å². The minimum atomic E-state index is -0.894. The van der Waals surface area contributed by atoms with Crippen LogP contribution in [0, 0.1) is 29.1 Å². The zero-order chi connectivity index (χ0) is 49.3. The van der Waals surface area contributed by atoms with Crippen LogP contribution in [0.3, 0.4) is 0 Å². The largest absolute Gasteiger partial charge is 0.426 e. The molecule has 4 atom stereocenters. The highest BCUT2D eigenvalue weighted by molar-refractivity contribution is 5.97. The topological polar surface area (TPSA) is 167 Å². The van der Waals surface area contributed by atoms with Crippen molar-refractivity contribution in [2.24, 2.45) is 34.2 Å². The Bertz CT molecular complexity index is 2180. The monoisotopic (exact) mass is 936 g/mol. The third-order valence-corrected chi connectivity index (χ3v) is 13.3. The predicted molar refractivity (Wildman–Crippen MR) is 263 cm³/mol. The number of carbonyl (C=O) groups is 6. The van der Waals surface area contributed by atoms with E-state index in [1.165, 1.54) is 13.3 Å². The number of morpholine rings is 1. The van der Waals surface area contributed by atoms with Crippen molar-refractivity contribution in [1.29, 1.82) is 0 Å². The van der Waals surface area contributed by atoms with E-state index in [9.17, 15) is 28.8 Å². The third kappa shape index (κ3) is 16.6. The molecule has 1 saturated heterocycles. The first-order chi connectivity index (χ1) is 32.5. The molecular weight excluding hydrogens is 861 g/mol. The summed E-state index contributed by atoms with van der Waals surface area (Å²) in [4.78, 5) is 88.7. The van der Waals surface area contributed by atoms with E-state index in [0.717, 1.165) is 29.5 Å². The van der Waals surface area contributed by atoms with E-state index in [4.69, 9.17) is 14.3 Å². The Morgan fingerprint density at radius 3 is 1.99 bits per heavy atom. The molecule has 1 aliphatic heterocycles. The smallest absolute Gasteiger partial charge is 0.310 e. The van der Waals surface area contributed by atoms with Gasteiger partial charge in [0.15, 0.2) is 17.3 Å². The zero-order valence-electron chi connectivity index (χ0n) is 41.4. The lowest BCUT2D eigenvalue weighted by molar-refractivity contribution is -0.940. The van der Waals surface area contributed by atoms with Gasteiger partial charge in [0.1, 0.15) is 39.0 Å². The predicted octanol–water partition coefficient (Wildman–Crippen LogP) is 7.79. The first-order valence-electron chi connectivity index (χ1n) is 24.6. The zero-order valence-corrected chi connectivity index (χ0v) is 41.4. The lowest BCUT2D eigenvalue weighted by atomic mass is 9.87. The van der Waals surface area contributed by atoms with E-state index in [0.29, 0.717) is 80.7 Å². The number of aryl methyl sites for hydroxylation is 1. The van der Waals surface area contributed by atoms with Crippen molar-refractivity contribution in [3.63, 3.8) is 0 Å². The molecule has 13 heteroatoms. The molecule has 13 nitrogen and oxygen atoms in total. The van der Waals surface area contributed by atoms with Crippen LogP contribution in [0.15, 0.2) is 84.0 Å². The first kappa shape index (κ1) is 53.4. The molecule has 3 aromatic rings. The number of nitrogens with one attached hydrogen (secondary N) is 2. The van der Waals surface area contributed by atoms with Gasteiger partial charge >= 0.3 is 5.97 Å². The Labute approximate surface area is 403 Å². The average molecular weight is 936 g/mol. The van der Waals surface area contributed by atoms with Crippen molar-refractivity contribution in [3.8, 4) is 5.75 Å². The molecule has 2 amide bonds. The van der Waals surface area contributed by atoms with Crippen LogP contribution in [0.25, 0.3) is 0 Å². The molecule has 0 spiro atoms. The molecule has 2 fully saturated rings. The van der Waals surface area contributed by atoms with Gasteiger partial charge < -0.3 is 29.4 Å². The molecule has 0 unspecified atom stereocenters. The summed E-state index contributed by atoms with van der Waals surface area (Å²) < 4.78 is 11.7. The number of nitrogens with zero attached hydrogens (tertiary/aromatic N) is 2. The van der Waals surface area contributed by atoms with Gasteiger partial charge in [-0.15, -0.1) is 0 Å². The normalized spacial score (nSPS) is 16.9. The van der Waals surface area contributed by atoms with Crippen molar-refractivity contribution >= 4 is 41.3 Å². The van der Waals surface area contributed by atoms with E-state index in [1.54, 1.807) is 13.0 Å². The fourth-order valence-electron chi connectivity index (χ4n) is 9.13. The Balaban J connectivity index is 1.37. The van der Waals surface area contributed by atoms with Crippen LogP contribution in [0.2, 0.25) is 0 Å². The fraction of sp³-hybridized carbons (Fsp3) is 0.545. The van der Waals surface area contributed by atoms with Gasteiger partial charge in [-0.2, -0.15) is 0 Å². The van der Waals surface area contributed by atoms with E-state index in [2.05, 4.69) is 15.8 Å². The van der Waals surface area contributed by atoms with Crippen LogP contribution in [-0.4, -0.2) is 97.9 Å². The Hall–Kier alpha value is -5.53. The van der Waals surface area contributed by atoms with Crippen LogP contribution >= 0.6 is 0 Å². The number of ether oxygens (including phenoxy) is 2. The number of oxime groups is 1. The van der Waals surface area contributed by atoms with Gasteiger partial charge in [0, 0.05) is 47.6 Å². The molecule has 1 saturated carbocycles. The van der Waals surface area contributed by atoms with Crippen LogP contribution in [-0.2, 0) is 57.7 Å². The molecule has 0 aromatic heterocycles. The molecule has 68 heavy (non-hydrogen) atoms. The summed E-state index contributed by atoms with van der Waals surface area (Å²) in [7, 11) is 1.43. The van der Waals surface area contributed by atoms with Crippen molar-refractivity contribution in [3.05, 3.63) is 101 Å². The molecule has 5 rings (SSSR count). The number of ketones is 3. The summed E-state index contributed by atoms with van der Waals surface area (Å²) in [6, 6.07) is 23.3. The second-order valence-corrected chi connectivity index (χ2v) is 20.2. The highest BCUT2D eigenvalue weighted by Gasteiger charge is 2.48. The van der Waals surface area contributed by atoms with Gasteiger partial charge in [0.2, 0.25) is 11.8 Å². The molecule has 1 heterocycles. The summed E-state index contributed by atoms with van der Waals surface area (Å²) in [5, 5.41) is 10.1. The minimum absolute atomic E-state index is 0.0248. The number of amides is 2. The summed E-state index contributed by atoms with van der Waals surface area (Å²) in [6.07, 6.45) is 5.23. The second-order valence-electron chi connectivity index (χ2n) is 20.2. The Kier molecular flexibility index (Phi) is 20.2. The quantitative estimate of drug-likeness (QED) is 0.0243. The minimum Gasteiger partial charge on any atom is -0.426 e. The van der Waals surface area contributed by atoms with Gasteiger partial charge in [0.05, 0.1) is 31.5 Å². The lowest BCUT2D eigenvalue weighted by Crippen LogP contribution is -2.57. The standard InChI is InChI=1S/C55H74N4O9/c1-8-51(62)68-50-22-20-42(32-45(50)35-56-66-7)36-59(25-27-67-28-26-59)37-46(60)33-43(21-19-40-15-11-9-12-16-40)53(64)57-47(29-38(2)3)49(61)34-44(31-41-17-13-10-14-18-41)54(65)58-48(30-39(4)5)52(63)55(6)23-24-55/h9-18,20,22,32,35,38-39,43-44,47-48H,8,19,21,23-31,33-34,36-37H2,1-7H3,(H-,57,58,64,65)/p+1/b56-35+/t43-,44-,47+,48+/m1/s1. The van der Waals surface area contributed by atoms with Crippen LogP contribution in [0.1, 0.15) is 115 Å². The molecule has 2 aliphatic rings. The summed E-state index contributed by atoms with van der Waals surface area (Å²) in [6.45, 7) is 14.4. The Morgan fingerprint density at radius 2 is 1.38 bits per heavy atom. The number of quaternary nitrogens is 1. The number of carbonyl (C=O) groups excluding carboxylic acids is 6. The van der Waals surface area contributed by atoms with E-state index < -0.39 is 29.3 Å². The van der Waals surface area contributed by atoms with Gasteiger partial charge in [-0.05, 0) is 86.1 Å². The maximum absolute atomic E-state index is 14.6. The van der Waals surface area contributed by atoms with Crippen molar-refractivity contribution in [2.45, 2.75) is 124 Å². The lowest BCUT2D eigenvalue weighted by Gasteiger charge is -2.41. The number of rotatable bonds is 28. The van der Waals surface area contributed by atoms with Gasteiger partial charge in [-0.25, -0.2) is 0 Å². The number of hydrogen-bond donors (Lipinski definition) is 2. The first-order valence-corrected chi connectivity index (χ1v) is 24.6. The molecule has 368 valence electrons. The summed E-state index contributed by atoms with van der Waals surface area (Å²) >= 11 is 0. The molecule has 0 bridgehead atoms. The Morgan fingerprint density at radius 1 is 0.779 bits per heavy atom. The van der Waals surface area contributed by atoms with E-state index in [-0.39, 0.29) is 72.8 Å². The van der Waals surface area contributed by atoms with Crippen molar-refractivity contribution in [1.82, 2.24) is 10.6 Å². The summed E-state index contributed by atoms with van der Waals surface area (Å²) in [5.41, 5.74) is 2.95. The van der Waals surface area contributed by atoms with Crippen LogP contribution in [0.4, 0.5) is 0 Å². The fourth-order valence-corrected chi connectivity index (χ4v) is 9.13. The molecule has 1 aliphatic carbocycles. The molecule has 0 radical (unpaired) electrons. The van der Waals surface area contributed by atoms with Crippen molar-refractivity contribution < 1.29 is 47.6 Å². The summed E-state index contributed by atoms with van der Waals surface area (Å²) in [5.74, 6) is -2.35. The number of Topliss-reactive ketones (excluding diaryl/α,β-unsaturated/α-hetero) is 3. The molecule has 2 N–H and O–H groups in total. The number of benzene rings is 3. The van der Waals surface area contributed by atoms with Gasteiger partial charge in [-0.1, -0.05) is 107 Å². The average Bonchev–Trinajstić information content (AvgIpc) is 4.07. The SMILES string of the molecule is CCC(=O)Oc1ccc(C[N+]2(CC(=O)C[C@@H](CCc3ccccc3)C(=O)N[C@@H](CC(C)C)C(=O)C[C@@H](Cc3ccccc3)C(=O)N[C@@H](CC(C)C)C(=O)C3(C)CC3)CCOCC2)cc1/C=N/OC. The van der Waals surface area contributed by atoms with Crippen molar-refractivity contribution in [2.75, 3.05) is 40.0 Å². The van der Waals surface area contributed by atoms with Gasteiger partial charge in [-0.3, -0.25) is 28.8 Å². The second kappa shape index (κ2) is 25.7. The molecule has 3 aromatic carbocycles. The van der Waals surface area contributed by atoms with Crippen LogP contribution < -0.4 is 15.4 Å². The third-order valence-electron chi connectivity index (χ3n) is 13.3.